The molecule has 0 saturated heterocycles. The summed E-state index contributed by atoms with van der Waals surface area (Å²) in [5.74, 6) is -0.646. The van der Waals surface area contributed by atoms with E-state index in [-0.39, 0.29) is 5.70 Å². The molecular weight excluding hydrogens is 186 g/mol. The zero-order valence-electron chi connectivity index (χ0n) is 8.42. The van der Waals surface area contributed by atoms with Crippen molar-refractivity contribution in [1.82, 2.24) is 5.32 Å². The van der Waals surface area contributed by atoms with Gasteiger partial charge in [-0.3, -0.25) is 5.32 Å². The largest absolute Gasteiger partial charge is 0.464 e. The first-order valence-electron chi connectivity index (χ1n) is 3.83. The molecule has 0 aliphatic carbocycles. The van der Waals surface area contributed by atoms with Gasteiger partial charge in [0.25, 0.3) is 0 Å². The molecule has 0 aromatic rings. The fraction of sp³-hybridized carbons (Fsp3) is 0.333. The molecule has 0 rings (SSSR count). The van der Waals surface area contributed by atoms with Crippen molar-refractivity contribution in [2.24, 2.45) is 0 Å². The maximum Gasteiger partial charge on any atom is 0.411 e. The van der Waals surface area contributed by atoms with Crippen molar-refractivity contribution in [2.45, 2.75) is 6.92 Å². The number of hydrogen-bond donors (Lipinski definition) is 1. The number of esters is 1. The molecule has 0 radical (unpaired) electrons. The van der Waals surface area contributed by atoms with E-state index in [1.807, 2.05) is 0 Å². The van der Waals surface area contributed by atoms with Gasteiger partial charge in [-0.05, 0) is 12.5 Å². The number of nitrogens with one attached hydrogen (secondary N) is 1. The Hall–Kier alpha value is -1.78. The molecule has 1 N–H and O–H groups in total. The van der Waals surface area contributed by atoms with Crippen molar-refractivity contribution in [3.63, 3.8) is 0 Å². The standard InChI is InChI=1S/C9H13NO4/c1-5-6(2)7(8(11)13-3)10-9(12)14-4/h5H,1H2,2-4H3,(H,10,12)/b7-6+. The van der Waals surface area contributed by atoms with Crippen LogP contribution in [0.25, 0.3) is 0 Å². The van der Waals surface area contributed by atoms with Crippen LogP contribution in [-0.2, 0) is 14.3 Å². The molecule has 0 atom stereocenters. The van der Waals surface area contributed by atoms with E-state index in [0.717, 1.165) is 0 Å². The summed E-state index contributed by atoms with van der Waals surface area (Å²) < 4.78 is 8.81. The zero-order valence-corrected chi connectivity index (χ0v) is 8.42. The summed E-state index contributed by atoms with van der Waals surface area (Å²) in [6, 6.07) is 0. The molecule has 78 valence electrons. The van der Waals surface area contributed by atoms with Gasteiger partial charge in [0.2, 0.25) is 0 Å². The van der Waals surface area contributed by atoms with E-state index in [2.05, 4.69) is 21.4 Å². The van der Waals surface area contributed by atoms with Crippen molar-refractivity contribution in [3.8, 4) is 0 Å². The van der Waals surface area contributed by atoms with Gasteiger partial charge in [-0.25, -0.2) is 9.59 Å². The predicted molar refractivity (Wildman–Crippen MR) is 50.5 cm³/mol. The highest BCUT2D eigenvalue weighted by molar-refractivity contribution is 5.93. The Morgan fingerprint density at radius 3 is 2.21 bits per heavy atom. The summed E-state index contributed by atoms with van der Waals surface area (Å²) in [6.45, 7) is 5.09. The molecule has 0 saturated carbocycles. The number of hydrogen-bond acceptors (Lipinski definition) is 4. The van der Waals surface area contributed by atoms with Crippen LogP contribution >= 0.6 is 0 Å². The topological polar surface area (TPSA) is 64.6 Å². The van der Waals surface area contributed by atoms with Crippen molar-refractivity contribution >= 4 is 12.1 Å². The van der Waals surface area contributed by atoms with E-state index in [4.69, 9.17) is 0 Å². The first kappa shape index (κ1) is 12.2. The smallest absolute Gasteiger partial charge is 0.411 e. The fourth-order valence-corrected chi connectivity index (χ4v) is 0.668. The fourth-order valence-electron chi connectivity index (χ4n) is 0.668. The molecule has 0 fully saturated rings. The predicted octanol–water partition coefficient (Wildman–Crippen LogP) is 0.975. The third-order valence-corrected chi connectivity index (χ3v) is 1.50. The lowest BCUT2D eigenvalue weighted by Crippen LogP contribution is -2.28. The molecule has 0 unspecified atom stereocenters. The molecule has 0 aliphatic rings. The number of allylic oxidation sites excluding steroid dienone is 2. The Kier molecular flexibility index (Phi) is 5.06. The van der Waals surface area contributed by atoms with Gasteiger partial charge in [0, 0.05) is 0 Å². The molecule has 0 heterocycles. The average Bonchev–Trinajstić information content (AvgIpc) is 2.23. The van der Waals surface area contributed by atoms with Gasteiger partial charge in [0.15, 0.2) is 0 Å². The number of carbonyl (C=O) groups is 2. The summed E-state index contributed by atoms with van der Waals surface area (Å²) in [5.41, 5.74) is 0.525. The Morgan fingerprint density at radius 2 is 1.86 bits per heavy atom. The Morgan fingerprint density at radius 1 is 1.29 bits per heavy atom. The molecule has 14 heavy (non-hydrogen) atoms. The molecule has 0 bridgehead atoms. The number of carbonyl (C=O) groups excluding carboxylic acids is 2. The number of amides is 1. The normalized spacial score (nSPS) is 11.1. The maximum atomic E-state index is 11.2. The number of rotatable bonds is 3. The summed E-state index contributed by atoms with van der Waals surface area (Å²) in [6.07, 6.45) is 0.703. The molecule has 0 spiro atoms. The van der Waals surface area contributed by atoms with Crippen LogP contribution < -0.4 is 5.32 Å². The molecule has 0 aliphatic heterocycles. The van der Waals surface area contributed by atoms with Crippen LogP contribution in [0.2, 0.25) is 0 Å². The molecule has 5 heteroatoms. The number of methoxy groups -OCH3 is 2. The van der Waals surface area contributed by atoms with Gasteiger partial charge >= 0.3 is 12.1 Å². The summed E-state index contributed by atoms with van der Waals surface area (Å²) in [7, 11) is 2.42. The summed E-state index contributed by atoms with van der Waals surface area (Å²) >= 11 is 0. The first-order chi connectivity index (χ1) is 6.56. The Labute approximate surface area is 82.4 Å². The lowest BCUT2D eigenvalue weighted by molar-refractivity contribution is -0.136. The van der Waals surface area contributed by atoms with Gasteiger partial charge in [-0.1, -0.05) is 12.7 Å². The van der Waals surface area contributed by atoms with E-state index in [9.17, 15) is 9.59 Å². The summed E-state index contributed by atoms with van der Waals surface area (Å²) in [5, 5.41) is 2.24. The molecular formula is C9H13NO4. The quantitative estimate of drug-likeness (QED) is 0.418. The summed E-state index contributed by atoms with van der Waals surface area (Å²) in [4.78, 5) is 22.0. The van der Waals surface area contributed by atoms with Crippen LogP contribution in [0.3, 0.4) is 0 Å². The van der Waals surface area contributed by atoms with Crippen molar-refractivity contribution in [3.05, 3.63) is 23.9 Å². The lowest BCUT2D eigenvalue weighted by atomic mass is 10.2. The van der Waals surface area contributed by atoms with Gasteiger partial charge in [-0.15, -0.1) is 0 Å². The van der Waals surface area contributed by atoms with Gasteiger partial charge in [-0.2, -0.15) is 0 Å². The van der Waals surface area contributed by atoms with Crippen molar-refractivity contribution < 1.29 is 19.1 Å². The Bertz CT molecular complexity index is 281. The number of ether oxygens (including phenoxy) is 2. The highest BCUT2D eigenvalue weighted by Crippen LogP contribution is 2.03. The van der Waals surface area contributed by atoms with E-state index >= 15 is 0 Å². The van der Waals surface area contributed by atoms with E-state index in [0.29, 0.717) is 5.57 Å². The number of alkyl carbamates (subject to hydrolysis) is 1. The lowest BCUT2D eigenvalue weighted by Gasteiger charge is -2.08. The first-order valence-corrected chi connectivity index (χ1v) is 3.83. The SMILES string of the molecule is C=C/C(C)=C(/NC(=O)OC)C(=O)OC. The van der Waals surface area contributed by atoms with E-state index in [1.54, 1.807) is 6.92 Å². The highest BCUT2D eigenvalue weighted by Gasteiger charge is 2.15. The third-order valence-electron chi connectivity index (χ3n) is 1.50. The molecule has 0 aromatic carbocycles. The third kappa shape index (κ3) is 3.30. The minimum Gasteiger partial charge on any atom is -0.464 e. The van der Waals surface area contributed by atoms with Crippen LogP contribution in [0.4, 0.5) is 4.79 Å². The van der Waals surface area contributed by atoms with Crippen LogP contribution in [0.1, 0.15) is 6.92 Å². The van der Waals surface area contributed by atoms with Crippen LogP contribution in [-0.4, -0.2) is 26.3 Å². The molecule has 0 aromatic heterocycles. The van der Waals surface area contributed by atoms with Crippen LogP contribution in [0, 0.1) is 0 Å². The molecule has 5 nitrogen and oxygen atoms in total. The highest BCUT2D eigenvalue weighted by atomic mass is 16.5. The second kappa shape index (κ2) is 5.80. The average molecular weight is 199 g/mol. The van der Waals surface area contributed by atoms with Gasteiger partial charge in [0.05, 0.1) is 14.2 Å². The monoisotopic (exact) mass is 199 g/mol. The minimum absolute atomic E-state index is 0.0225. The van der Waals surface area contributed by atoms with Crippen LogP contribution in [0.5, 0.6) is 0 Å². The van der Waals surface area contributed by atoms with Crippen molar-refractivity contribution in [2.75, 3.05) is 14.2 Å². The Balaban J connectivity index is 4.84. The second-order valence-corrected chi connectivity index (χ2v) is 2.37. The zero-order chi connectivity index (χ0) is 11.1. The van der Waals surface area contributed by atoms with E-state index < -0.39 is 12.1 Å². The van der Waals surface area contributed by atoms with Crippen LogP contribution in [0.15, 0.2) is 23.9 Å². The van der Waals surface area contributed by atoms with Gasteiger partial charge in [0.1, 0.15) is 5.70 Å². The van der Waals surface area contributed by atoms with Crippen molar-refractivity contribution in [1.29, 1.82) is 0 Å². The minimum atomic E-state index is -0.730. The second-order valence-electron chi connectivity index (χ2n) is 2.37. The van der Waals surface area contributed by atoms with Gasteiger partial charge < -0.3 is 9.47 Å². The maximum absolute atomic E-state index is 11.2. The van der Waals surface area contributed by atoms with E-state index in [1.165, 1.54) is 20.3 Å². The molecule has 1 amide bonds.